The third kappa shape index (κ3) is 2.49. The highest BCUT2D eigenvalue weighted by Gasteiger charge is 2.15. The van der Waals surface area contributed by atoms with Gasteiger partial charge in [-0.1, -0.05) is 61.9 Å². The summed E-state index contributed by atoms with van der Waals surface area (Å²) < 4.78 is 2.29. The molecule has 0 aliphatic rings. The summed E-state index contributed by atoms with van der Waals surface area (Å²) in [5, 5.41) is 1.06. The quantitative estimate of drug-likeness (QED) is 0.631. The van der Waals surface area contributed by atoms with Gasteiger partial charge in [-0.05, 0) is 18.1 Å². The topological polar surface area (TPSA) is 22.0 Å². The van der Waals surface area contributed by atoms with Gasteiger partial charge in [0.2, 0.25) is 0 Å². The number of rotatable bonds is 5. The Kier molecular flexibility index (Phi) is 3.87. The molecule has 0 aliphatic heterocycles. The van der Waals surface area contributed by atoms with E-state index in [9.17, 15) is 4.79 Å². The first-order chi connectivity index (χ1) is 10.3. The summed E-state index contributed by atoms with van der Waals surface area (Å²) in [7, 11) is 0. The maximum atomic E-state index is 11.6. The van der Waals surface area contributed by atoms with Crippen molar-refractivity contribution in [2.24, 2.45) is 0 Å². The molecule has 1 aromatic heterocycles. The summed E-state index contributed by atoms with van der Waals surface area (Å²) in [5.41, 5.74) is 4.40. The van der Waals surface area contributed by atoms with Gasteiger partial charge in [0.1, 0.15) is 0 Å². The van der Waals surface area contributed by atoms with Crippen molar-refractivity contribution in [2.75, 3.05) is 0 Å². The molecular weight excluding hydrogens is 258 g/mol. The van der Waals surface area contributed by atoms with Crippen LogP contribution in [0.15, 0.2) is 54.6 Å². The average Bonchev–Trinajstić information content (AvgIpc) is 2.82. The SMILES string of the molecule is CCCc1c(C=O)c2ccccc2n1Cc1ccccc1. The maximum absolute atomic E-state index is 11.6. The fourth-order valence-electron chi connectivity index (χ4n) is 2.97. The number of para-hydroxylation sites is 1. The van der Waals surface area contributed by atoms with Gasteiger partial charge in [0, 0.05) is 28.7 Å². The second-order valence-corrected chi connectivity index (χ2v) is 5.32. The maximum Gasteiger partial charge on any atom is 0.152 e. The monoisotopic (exact) mass is 277 g/mol. The molecule has 0 fully saturated rings. The molecule has 21 heavy (non-hydrogen) atoms. The molecule has 0 unspecified atom stereocenters. The highest BCUT2D eigenvalue weighted by molar-refractivity contribution is 5.99. The van der Waals surface area contributed by atoms with Crippen molar-refractivity contribution >= 4 is 17.2 Å². The van der Waals surface area contributed by atoms with Crippen molar-refractivity contribution in [2.45, 2.75) is 26.3 Å². The lowest BCUT2D eigenvalue weighted by Crippen LogP contribution is -2.05. The summed E-state index contributed by atoms with van der Waals surface area (Å²) in [6, 6.07) is 18.6. The smallest absolute Gasteiger partial charge is 0.152 e. The van der Waals surface area contributed by atoms with E-state index in [4.69, 9.17) is 0 Å². The number of aromatic nitrogens is 1. The van der Waals surface area contributed by atoms with Crippen molar-refractivity contribution in [3.63, 3.8) is 0 Å². The average molecular weight is 277 g/mol. The van der Waals surface area contributed by atoms with Crippen LogP contribution in [-0.4, -0.2) is 10.9 Å². The molecule has 1 heterocycles. The first-order valence-corrected chi connectivity index (χ1v) is 7.44. The van der Waals surface area contributed by atoms with Gasteiger partial charge in [-0.2, -0.15) is 0 Å². The number of hydrogen-bond acceptors (Lipinski definition) is 1. The van der Waals surface area contributed by atoms with Crippen LogP contribution >= 0.6 is 0 Å². The third-order valence-corrected chi connectivity index (χ3v) is 3.91. The third-order valence-electron chi connectivity index (χ3n) is 3.91. The molecule has 0 spiro atoms. The van der Waals surface area contributed by atoms with Gasteiger partial charge in [-0.15, -0.1) is 0 Å². The zero-order chi connectivity index (χ0) is 14.7. The fourth-order valence-corrected chi connectivity index (χ4v) is 2.97. The fraction of sp³-hybridized carbons (Fsp3) is 0.211. The molecule has 2 aromatic carbocycles. The Morgan fingerprint density at radius 3 is 2.43 bits per heavy atom. The van der Waals surface area contributed by atoms with E-state index in [2.05, 4.69) is 41.8 Å². The first-order valence-electron chi connectivity index (χ1n) is 7.44. The zero-order valence-electron chi connectivity index (χ0n) is 12.3. The number of carbonyl (C=O) groups is 1. The minimum Gasteiger partial charge on any atom is -0.339 e. The summed E-state index contributed by atoms with van der Waals surface area (Å²) >= 11 is 0. The van der Waals surface area contributed by atoms with E-state index in [1.165, 1.54) is 5.56 Å². The largest absolute Gasteiger partial charge is 0.339 e. The number of fused-ring (bicyclic) bond motifs is 1. The summed E-state index contributed by atoms with van der Waals surface area (Å²) in [4.78, 5) is 11.6. The zero-order valence-corrected chi connectivity index (χ0v) is 12.3. The van der Waals surface area contributed by atoms with Crippen molar-refractivity contribution in [1.29, 1.82) is 0 Å². The van der Waals surface area contributed by atoms with Gasteiger partial charge in [-0.25, -0.2) is 0 Å². The van der Waals surface area contributed by atoms with Crippen LogP contribution < -0.4 is 0 Å². The van der Waals surface area contributed by atoms with Crippen LogP contribution in [0.2, 0.25) is 0 Å². The number of aldehydes is 1. The predicted octanol–water partition coefficient (Wildman–Crippen LogP) is 4.45. The van der Waals surface area contributed by atoms with Crippen molar-refractivity contribution in [1.82, 2.24) is 4.57 Å². The van der Waals surface area contributed by atoms with Crippen LogP contribution in [-0.2, 0) is 13.0 Å². The van der Waals surface area contributed by atoms with Gasteiger partial charge in [0.25, 0.3) is 0 Å². The van der Waals surface area contributed by atoms with E-state index in [-0.39, 0.29) is 0 Å². The standard InChI is InChI=1S/C19H19NO/c1-2-8-18-17(14-21)16-11-6-7-12-19(16)20(18)13-15-9-4-3-5-10-15/h3-7,9-12,14H,2,8,13H2,1H3. The van der Waals surface area contributed by atoms with E-state index in [1.807, 2.05) is 24.3 Å². The second kappa shape index (κ2) is 5.96. The molecule has 3 rings (SSSR count). The molecular formula is C19H19NO. The highest BCUT2D eigenvalue weighted by Crippen LogP contribution is 2.27. The molecule has 0 saturated carbocycles. The van der Waals surface area contributed by atoms with Crippen LogP contribution in [0.3, 0.4) is 0 Å². The van der Waals surface area contributed by atoms with Crippen molar-refractivity contribution in [3.8, 4) is 0 Å². The van der Waals surface area contributed by atoms with Gasteiger partial charge < -0.3 is 4.57 Å². The molecule has 3 aromatic rings. The predicted molar refractivity (Wildman–Crippen MR) is 86.9 cm³/mol. The van der Waals surface area contributed by atoms with Crippen molar-refractivity contribution in [3.05, 3.63) is 71.4 Å². The number of hydrogen-bond donors (Lipinski definition) is 0. The molecule has 0 saturated heterocycles. The van der Waals surface area contributed by atoms with Gasteiger partial charge in [-0.3, -0.25) is 4.79 Å². The van der Waals surface area contributed by atoms with Crippen LogP contribution in [0.4, 0.5) is 0 Å². The van der Waals surface area contributed by atoms with E-state index in [1.54, 1.807) is 0 Å². The van der Waals surface area contributed by atoms with Gasteiger partial charge >= 0.3 is 0 Å². The molecule has 0 radical (unpaired) electrons. The molecule has 0 N–H and O–H groups in total. The summed E-state index contributed by atoms with van der Waals surface area (Å²) in [6.45, 7) is 2.96. The Balaban J connectivity index is 2.19. The van der Waals surface area contributed by atoms with Crippen LogP contribution in [0.25, 0.3) is 10.9 Å². The van der Waals surface area contributed by atoms with E-state index in [0.29, 0.717) is 0 Å². The normalized spacial score (nSPS) is 10.9. The van der Waals surface area contributed by atoms with Gasteiger partial charge in [0.05, 0.1) is 0 Å². The first kappa shape index (κ1) is 13.6. The number of carbonyl (C=O) groups excluding carboxylic acids is 1. The Hall–Kier alpha value is -2.35. The Morgan fingerprint density at radius 1 is 1.00 bits per heavy atom. The molecule has 0 aliphatic carbocycles. The molecule has 0 bridgehead atoms. The lowest BCUT2D eigenvalue weighted by atomic mass is 10.1. The molecule has 0 atom stereocenters. The summed E-state index contributed by atoms with van der Waals surface area (Å²) in [6.07, 6.45) is 2.97. The summed E-state index contributed by atoms with van der Waals surface area (Å²) in [5.74, 6) is 0. The van der Waals surface area contributed by atoms with Crippen LogP contribution in [0.1, 0.15) is 35.0 Å². The lowest BCUT2D eigenvalue weighted by molar-refractivity contribution is 0.112. The second-order valence-electron chi connectivity index (χ2n) is 5.32. The van der Waals surface area contributed by atoms with E-state index in [0.717, 1.165) is 47.8 Å². The number of benzene rings is 2. The minimum absolute atomic E-state index is 0.810. The van der Waals surface area contributed by atoms with Crippen LogP contribution in [0.5, 0.6) is 0 Å². The van der Waals surface area contributed by atoms with E-state index < -0.39 is 0 Å². The molecule has 2 heteroatoms. The highest BCUT2D eigenvalue weighted by atomic mass is 16.1. The van der Waals surface area contributed by atoms with Gasteiger partial charge in [0.15, 0.2) is 6.29 Å². The van der Waals surface area contributed by atoms with Crippen molar-refractivity contribution < 1.29 is 4.79 Å². The molecule has 0 amide bonds. The molecule has 106 valence electrons. The Labute approximate surface area is 125 Å². The minimum atomic E-state index is 0.810. The molecule has 2 nitrogen and oxygen atoms in total. The number of nitrogens with zero attached hydrogens (tertiary/aromatic N) is 1. The van der Waals surface area contributed by atoms with Crippen LogP contribution in [0, 0.1) is 0 Å². The Morgan fingerprint density at radius 2 is 1.71 bits per heavy atom. The lowest BCUT2D eigenvalue weighted by Gasteiger charge is -2.11. The Bertz CT molecular complexity index is 756. The van der Waals surface area contributed by atoms with E-state index >= 15 is 0 Å².